The van der Waals surface area contributed by atoms with E-state index in [1.54, 1.807) is 31.2 Å². The Kier molecular flexibility index (Phi) is 5.37. The molecule has 0 aliphatic carbocycles. The third kappa shape index (κ3) is 4.09. The van der Waals surface area contributed by atoms with E-state index in [9.17, 15) is 18.4 Å². The monoisotopic (exact) mass is 427 g/mol. The first-order valence-corrected chi connectivity index (χ1v) is 9.51. The summed E-state index contributed by atoms with van der Waals surface area (Å²) in [5.41, 5.74) is 0.230. The third-order valence-corrected chi connectivity index (χ3v) is 4.92. The second kappa shape index (κ2) is 8.13. The molecule has 0 bridgehead atoms. The molecule has 3 aromatic rings. The smallest absolute Gasteiger partial charge is 0.275 e. The lowest BCUT2D eigenvalue weighted by molar-refractivity contribution is -0.121. The van der Waals surface area contributed by atoms with E-state index in [2.05, 4.69) is 15.4 Å². The summed E-state index contributed by atoms with van der Waals surface area (Å²) in [6.45, 7) is 1.78. The number of halogens is 2. The number of rotatable bonds is 4. The Morgan fingerprint density at radius 2 is 1.97 bits per heavy atom. The second-order valence-corrected chi connectivity index (χ2v) is 7.15. The first kappa shape index (κ1) is 20.5. The zero-order chi connectivity index (χ0) is 22.1. The van der Waals surface area contributed by atoms with Crippen molar-refractivity contribution >= 4 is 17.6 Å². The van der Waals surface area contributed by atoms with Crippen LogP contribution in [0.15, 0.2) is 48.8 Å². The fourth-order valence-corrected chi connectivity index (χ4v) is 3.31. The van der Waals surface area contributed by atoms with Gasteiger partial charge in [-0.3, -0.25) is 19.2 Å². The first-order valence-electron chi connectivity index (χ1n) is 9.51. The number of benzene rings is 1. The quantitative estimate of drug-likeness (QED) is 0.689. The van der Waals surface area contributed by atoms with Crippen LogP contribution in [-0.2, 0) is 11.3 Å². The number of ether oxygens (including phenoxy) is 1. The van der Waals surface area contributed by atoms with E-state index in [1.165, 1.54) is 35.0 Å². The Hall–Kier alpha value is -3.82. The molecule has 3 heterocycles. The minimum absolute atomic E-state index is 0.149. The van der Waals surface area contributed by atoms with Crippen LogP contribution in [0.1, 0.15) is 23.0 Å². The third-order valence-electron chi connectivity index (χ3n) is 4.92. The Bertz CT molecular complexity index is 1130. The molecule has 8 nitrogen and oxygen atoms in total. The Morgan fingerprint density at radius 3 is 2.71 bits per heavy atom. The van der Waals surface area contributed by atoms with Gasteiger partial charge in [-0.2, -0.15) is 5.10 Å². The molecular weight excluding hydrogens is 408 g/mol. The van der Waals surface area contributed by atoms with Gasteiger partial charge < -0.3 is 10.1 Å². The molecule has 2 aromatic heterocycles. The van der Waals surface area contributed by atoms with Crippen LogP contribution < -0.4 is 15.0 Å². The predicted molar refractivity (Wildman–Crippen MR) is 107 cm³/mol. The molecule has 0 saturated carbocycles. The van der Waals surface area contributed by atoms with Crippen molar-refractivity contribution in [2.75, 3.05) is 11.9 Å². The highest BCUT2D eigenvalue weighted by Gasteiger charge is 2.37. The number of nitrogens with one attached hydrogen (secondary N) is 1. The van der Waals surface area contributed by atoms with Gasteiger partial charge in [0.05, 0.1) is 12.7 Å². The highest BCUT2D eigenvalue weighted by atomic mass is 19.1. The van der Waals surface area contributed by atoms with Gasteiger partial charge in [0.2, 0.25) is 0 Å². The zero-order valence-corrected chi connectivity index (χ0v) is 16.8. The number of hydrogen-bond acceptors (Lipinski definition) is 5. The normalized spacial score (nSPS) is 18.2. The van der Waals surface area contributed by atoms with Crippen molar-refractivity contribution in [1.29, 1.82) is 0 Å². The summed E-state index contributed by atoms with van der Waals surface area (Å²) in [5, 5.41) is 6.50. The van der Waals surface area contributed by atoms with Crippen molar-refractivity contribution < 1.29 is 23.1 Å². The SMILES string of the molecule is C[C@H]1Oc2cccnc2N(C)C(=O)[C@H]1NC(=O)c1nn(Cc2ccc(F)cc2)cc1F. The van der Waals surface area contributed by atoms with Crippen LogP contribution in [0.4, 0.5) is 14.6 Å². The van der Waals surface area contributed by atoms with Crippen LogP contribution in [0.2, 0.25) is 0 Å². The van der Waals surface area contributed by atoms with E-state index in [1.807, 2.05) is 0 Å². The molecule has 160 valence electrons. The topological polar surface area (TPSA) is 89.3 Å². The summed E-state index contributed by atoms with van der Waals surface area (Å²) < 4.78 is 34.5. The minimum Gasteiger partial charge on any atom is -0.484 e. The maximum atomic E-state index is 14.4. The van der Waals surface area contributed by atoms with Gasteiger partial charge in [-0.15, -0.1) is 0 Å². The highest BCUT2D eigenvalue weighted by Crippen LogP contribution is 2.29. The van der Waals surface area contributed by atoms with Crippen LogP contribution >= 0.6 is 0 Å². The Morgan fingerprint density at radius 1 is 1.23 bits per heavy atom. The van der Waals surface area contributed by atoms with Gasteiger partial charge in [0.15, 0.2) is 23.1 Å². The van der Waals surface area contributed by atoms with Crippen LogP contribution in [0.5, 0.6) is 5.75 Å². The number of aromatic nitrogens is 3. The number of carbonyl (C=O) groups is 2. The standard InChI is InChI=1S/C21H19F2N5O3/c1-12-17(21(30)27(2)19-16(31-12)4-3-9-24-19)25-20(29)18-15(23)11-28(26-18)10-13-5-7-14(22)8-6-13/h3-9,11-12,17H,10H2,1-2H3,(H,25,29)/t12-,17+/m1/s1. The molecule has 1 N–H and O–H groups in total. The maximum absolute atomic E-state index is 14.4. The van der Waals surface area contributed by atoms with E-state index in [-0.39, 0.29) is 12.4 Å². The van der Waals surface area contributed by atoms with Gasteiger partial charge in [0.1, 0.15) is 18.0 Å². The molecule has 1 aliphatic rings. The minimum atomic E-state index is -1.08. The number of nitrogens with zero attached hydrogens (tertiary/aromatic N) is 4. The zero-order valence-electron chi connectivity index (χ0n) is 16.8. The number of pyridine rings is 1. The number of carbonyl (C=O) groups excluding carboxylic acids is 2. The fraction of sp³-hybridized carbons (Fsp3) is 0.238. The maximum Gasteiger partial charge on any atom is 0.275 e. The molecule has 2 amide bonds. The van der Waals surface area contributed by atoms with Crippen molar-refractivity contribution in [3.05, 3.63) is 71.7 Å². The largest absolute Gasteiger partial charge is 0.484 e. The van der Waals surface area contributed by atoms with Crippen molar-refractivity contribution in [3.63, 3.8) is 0 Å². The average Bonchev–Trinajstić information content (AvgIpc) is 3.09. The molecule has 31 heavy (non-hydrogen) atoms. The fourth-order valence-electron chi connectivity index (χ4n) is 3.31. The summed E-state index contributed by atoms with van der Waals surface area (Å²) in [6.07, 6.45) is 1.87. The summed E-state index contributed by atoms with van der Waals surface area (Å²) in [7, 11) is 1.52. The van der Waals surface area contributed by atoms with Crippen molar-refractivity contribution in [3.8, 4) is 5.75 Å². The van der Waals surface area contributed by atoms with Gasteiger partial charge in [0.25, 0.3) is 11.8 Å². The number of amides is 2. The van der Waals surface area contributed by atoms with Crippen LogP contribution in [-0.4, -0.2) is 45.8 Å². The van der Waals surface area contributed by atoms with Crippen molar-refractivity contribution in [1.82, 2.24) is 20.1 Å². The molecule has 0 radical (unpaired) electrons. The van der Waals surface area contributed by atoms with Crippen molar-refractivity contribution in [2.45, 2.75) is 25.6 Å². The molecule has 4 rings (SSSR count). The van der Waals surface area contributed by atoms with Gasteiger partial charge in [-0.1, -0.05) is 12.1 Å². The lowest BCUT2D eigenvalue weighted by Crippen LogP contribution is -2.53. The van der Waals surface area contributed by atoms with Crippen molar-refractivity contribution in [2.24, 2.45) is 0 Å². The molecular formula is C21H19F2N5O3. The molecule has 1 aromatic carbocycles. The van der Waals surface area contributed by atoms with Gasteiger partial charge in [-0.05, 0) is 36.8 Å². The molecule has 2 atom stereocenters. The molecule has 0 saturated heterocycles. The molecule has 10 heteroatoms. The summed E-state index contributed by atoms with van der Waals surface area (Å²) in [6, 6.07) is 7.92. The summed E-state index contributed by atoms with van der Waals surface area (Å²) in [5.74, 6) is -1.81. The number of likely N-dealkylation sites (N-methyl/N-ethyl adjacent to an activating group) is 1. The van der Waals surface area contributed by atoms with E-state index in [0.29, 0.717) is 17.1 Å². The first-order chi connectivity index (χ1) is 14.8. The summed E-state index contributed by atoms with van der Waals surface area (Å²) >= 11 is 0. The average molecular weight is 427 g/mol. The highest BCUT2D eigenvalue weighted by molar-refractivity contribution is 6.02. The second-order valence-electron chi connectivity index (χ2n) is 7.15. The van der Waals surface area contributed by atoms with Gasteiger partial charge >= 0.3 is 0 Å². The number of fused-ring (bicyclic) bond motifs is 1. The molecule has 0 spiro atoms. The van der Waals surface area contributed by atoms with Gasteiger partial charge in [0, 0.05) is 13.2 Å². The lowest BCUT2D eigenvalue weighted by atomic mass is 10.1. The van der Waals surface area contributed by atoms with Crippen LogP contribution in [0.25, 0.3) is 0 Å². The molecule has 1 aliphatic heterocycles. The van der Waals surface area contributed by atoms with E-state index >= 15 is 0 Å². The Balaban J connectivity index is 1.52. The number of hydrogen-bond donors (Lipinski definition) is 1. The van der Waals surface area contributed by atoms with E-state index < -0.39 is 35.5 Å². The summed E-state index contributed by atoms with van der Waals surface area (Å²) in [4.78, 5) is 31.0. The van der Waals surface area contributed by atoms with Crippen LogP contribution in [0.3, 0.4) is 0 Å². The van der Waals surface area contributed by atoms with Gasteiger partial charge in [-0.25, -0.2) is 13.8 Å². The van der Waals surface area contributed by atoms with Crippen LogP contribution in [0, 0.1) is 11.6 Å². The van der Waals surface area contributed by atoms with E-state index in [0.717, 1.165) is 6.20 Å². The predicted octanol–water partition coefficient (Wildman–Crippen LogP) is 2.15. The van der Waals surface area contributed by atoms with E-state index in [4.69, 9.17) is 4.74 Å². The Labute approximate surface area is 176 Å². The molecule has 0 unspecified atom stereocenters. The molecule has 0 fully saturated rings. The number of anilines is 1. The lowest BCUT2D eigenvalue weighted by Gasteiger charge is -2.23.